The number of rotatable bonds is 4. The van der Waals surface area contributed by atoms with E-state index in [2.05, 4.69) is 0 Å². The van der Waals surface area contributed by atoms with Gasteiger partial charge >= 0.3 is 0 Å². The molecule has 7 heteroatoms. The standard InChI is InChI=1S/C19H14FN3O2S/c20-13-6-8-14(9-7-13)23-18(25)16(10-12-4-2-1-3-5-12)26-19(23)15(11-21)17(22)24/h1-9,16H,10H2,(H2,22,24). The van der Waals surface area contributed by atoms with Crippen molar-refractivity contribution in [3.05, 3.63) is 76.6 Å². The Bertz CT molecular complexity index is 920. The molecule has 26 heavy (non-hydrogen) atoms. The summed E-state index contributed by atoms with van der Waals surface area (Å²) in [4.78, 5) is 25.9. The Morgan fingerprint density at radius 1 is 1.19 bits per heavy atom. The minimum absolute atomic E-state index is 0.178. The third-order valence-electron chi connectivity index (χ3n) is 3.87. The summed E-state index contributed by atoms with van der Waals surface area (Å²) in [6.45, 7) is 0. The number of primary amides is 1. The number of hydrogen-bond donors (Lipinski definition) is 1. The van der Waals surface area contributed by atoms with Crippen LogP contribution in [-0.2, 0) is 16.0 Å². The normalized spacial score (nSPS) is 18.5. The van der Waals surface area contributed by atoms with Crippen LogP contribution in [0.2, 0.25) is 0 Å². The summed E-state index contributed by atoms with van der Waals surface area (Å²) in [5.74, 6) is -1.64. The number of carbonyl (C=O) groups excluding carboxylic acids is 2. The maximum Gasteiger partial charge on any atom is 0.262 e. The number of thioether (sulfide) groups is 1. The van der Waals surface area contributed by atoms with Crippen molar-refractivity contribution in [1.82, 2.24) is 0 Å². The Labute approximate surface area is 153 Å². The summed E-state index contributed by atoms with van der Waals surface area (Å²) in [7, 11) is 0. The zero-order valence-corrected chi connectivity index (χ0v) is 14.4. The van der Waals surface area contributed by atoms with E-state index >= 15 is 0 Å². The zero-order valence-electron chi connectivity index (χ0n) is 13.6. The Kier molecular flexibility index (Phi) is 5.05. The Morgan fingerprint density at radius 2 is 1.85 bits per heavy atom. The maximum atomic E-state index is 13.2. The largest absolute Gasteiger partial charge is 0.365 e. The van der Waals surface area contributed by atoms with Gasteiger partial charge in [0.25, 0.3) is 5.91 Å². The highest BCUT2D eigenvalue weighted by Gasteiger charge is 2.40. The number of amides is 2. The predicted molar refractivity (Wildman–Crippen MR) is 97.2 cm³/mol. The van der Waals surface area contributed by atoms with Crippen molar-refractivity contribution in [3.8, 4) is 6.07 Å². The quantitative estimate of drug-likeness (QED) is 0.665. The van der Waals surface area contributed by atoms with Gasteiger partial charge in [0.05, 0.1) is 5.25 Å². The van der Waals surface area contributed by atoms with Gasteiger partial charge < -0.3 is 5.73 Å². The van der Waals surface area contributed by atoms with Gasteiger partial charge in [-0.05, 0) is 36.2 Å². The molecule has 2 N–H and O–H groups in total. The molecule has 0 spiro atoms. The first-order valence-corrected chi connectivity index (χ1v) is 8.63. The summed E-state index contributed by atoms with van der Waals surface area (Å²) < 4.78 is 13.2. The van der Waals surface area contributed by atoms with Crippen LogP contribution >= 0.6 is 11.8 Å². The molecule has 1 atom stereocenters. The second kappa shape index (κ2) is 7.42. The third kappa shape index (κ3) is 3.46. The van der Waals surface area contributed by atoms with E-state index in [9.17, 15) is 19.2 Å². The number of halogens is 1. The second-order valence-corrected chi connectivity index (χ2v) is 6.79. The average Bonchev–Trinajstić information content (AvgIpc) is 2.93. The molecule has 0 saturated carbocycles. The zero-order chi connectivity index (χ0) is 18.7. The molecular weight excluding hydrogens is 353 g/mol. The van der Waals surface area contributed by atoms with E-state index in [-0.39, 0.29) is 16.5 Å². The van der Waals surface area contributed by atoms with Crippen LogP contribution in [0.5, 0.6) is 0 Å². The number of nitrogens with zero attached hydrogens (tertiary/aromatic N) is 2. The fraction of sp³-hybridized carbons (Fsp3) is 0.105. The molecule has 1 unspecified atom stereocenters. The van der Waals surface area contributed by atoms with Gasteiger partial charge in [-0.3, -0.25) is 14.5 Å². The fourth-order valence-electron chi connectivity index (χ4n) is 2.65. The molecule has 0 bridgehead atoms. The lowest BCUT2D eigenvalue weighted by molar-refractivity contribution is -0.117. The lowest BCUT2D eigenvalue weighted by atomic mass is 10.1. The van der Waals surface area contributed by atoms with Crippen LogP contribution in [0.15, 0.2) is 65.2 Å². The van der Waals surface area contributed by atoms with Crippen LogP contribution in [0.3, 0.4) is 0 Å². The monoisotopic (exact) mass is 367 g/mol. The molecular formula is C19H14FN3O2S. The Hall–Kier alpha value is -3.11. The topological polar surface area (TPSA) is 87.2 Å². The summed E-state index contributed by atoms with van der Waals surface area (Å²) in [5.41, 5.74) is 6.35. The van der Waals surface area contributed by atoms with E-state index < -0.39 is 17.0 Å². The van der Waals surface area contributed by atoms with E-state index in [1.54, 1.807) is 6.07 Å². The molecule has 1 fully saturated rings. The van der Waals surface area contributed by atoms with E-state index in [0.717, 1.165) is 17.3 Å². The molecule has 2 amide bonds. The minimum atomic E-state index is -0.907. The second-order valence-electron chi connectivity index (χ2n) is 5.60. The first-order valence-electron chi connectivity index (χ1n) is 7.75. The molecule has 130 valence electrons. The number of anilines is 1. The summed E-state index contributed by atoms with van der Waals surface area (Å²) in [6.07, 6.45) is 0.434. The summed E-state index contributed by atoms with van der Waals surface area (Å²) in [5, 5.41) is 8.97. The highest BCUT2D eigenvalue weighted by atomic mass is 32.2. The van der Waals surface area contributed by atoms with Gasteiger partial charge in [-0.15, -0.1) is 0 Å². The molecule has 2 aromatic carbocycles. The van der Waals surface area contributed by atoms with Crippen LogP contribution < -0.4 is 10.6 Å². The van der Waals surface area contributed by atoms with Gasteiger partial charge in [-0.2, -0.15) is 5.26 Å². The number of nitriles is 1. The number of hydrogen-bond acceptors (Lipinski definition) is 4. The van der Waals surface area contributed by atoms with Gasteiger partial charge in [0.2, 0.25) is 5.91 Å². The Balaban J connectivity index is 2.03. The molecule has 2 aromatic rings. The van der Waals surface area contributed by atoms with Crippen molar-refractivity contribution < 1.29 is 14.0 Å². The number of carbonyl (C=O) groups is 2. The van der Waals surface area contributed by atoms with Crippen LogP contribution in [0.1, 0.15) is 5.56 Å². The van der Waals surface area contributed by atoms with Crippen molar-refractivity contribution in [2.24, 2.45) is 5.73 Å². The number of nitrogens with two attached hydrogens (primary N) is 1. The molecule has 0 aliphatic carbocycles. The van der Waals surface area contributed by atoms with Crippen molar-refractivity contribution in [2.45, 2.75) is 11.7 Å². The van der Waals surface area contributed by atoms with Crippen molar-refractivity contribution in [2.75, 3.05) is 4.90 Å². The van der Waals surface area contributed by atoms with E-state index in [0.29, 0.717) is 12.1 Å². The highest BCUT2D eigenvalue weighted by Crippen LogP contribution is 2.41. The number of benzene rings is 2. The molecule has 1 saturated heterocycles. The van der Waals surface area contributed by atoms with Gasteiger partial charge in [0.15, 0.2) is 0 Å². The van der Waals surface area contributed by atoms with Crippen molar-refractivity contribution >= 4 is 29.3 Å². The third-order valence-corrected chi connectivity index (χ3v) is 5.14. The summed E-state index contributed by atoms with van der Waals surface area (Å²) in [6, 6.07) is 16.5. The smallest absolute Gasteiger partial charge is 0.262 e. The lowest BCUT2D eigenvalue weighted by Gasteiger charge is -2.18. The van der Waals surface area contributed by atoms with E-state index in [4.69, 9.17) is 5.73 Å². The molecule has 5 nitrogen and oxygen atoms in total. The SMILES string of the molecule is N#CC(C(N)=O)=C1SC(Cc2ccccc2)C(=O)N1c1ccc(F)cc1. The van der Waals surface area contributed by atoms with Crippen LogP contribution in [-0.4, -0.2) is 17.1 Å². The fourth-order valence-corrected chi connectivity index (χ4v) is 3.97. The maximum absolute atomic E-state index is 13.2. The predicted octanol–water partition coefficient (Wildman–Crippen LogP) is 2.74. The molecule has 0 aromatic heterocycles. The molecule has 1 aliphatic heterocycles. The van der Waals surface area contributed by atoms with Crippen molar-refractivity contribution in [1.29, 1.82) is 5.26 Å². The van der Waals surface area contributed by atoms with Crippen molar-refractivity contribution in [3.63, 3.8) is 0 Å². The lowest BCUT2D eigenvalue weighted by Crippen LogP contribution is -2.31. The first kappa shape index (κ1) is 17.7. The average molecular weight is 367 g/mol. The molecule has 1 aliphatic rings. The van der Waals surface area contributed by atoms with Crippen LogP contribution in [0.4, 0.5) is 10.1 Å². The molecule has 3 rings (SSSR count). The highest BCUT2D eigenvalue weighted by molar-refractivity contribution is 8.05. The van der Waals surface area contributed by atoms with Gasteiger partial charge in [-0.1, -0.05) is 42.1 Å². The minimum Gasteiger partial charge on any atom is -0.365 e. The van der Waals surface area contributed by atoms with Crippen LogP contribution in [0.25, 0.3) is 0 Å². The van der Waals surface area contributed by atoms with Gasteiger partial charge in [0, 0.05) is 5.69 Å². The van der Waals surface area contributed by atoms with Crippen LogP contribution in [0, 0.1) is 17.1 Å². The Morgan fingerprint density at radius 3 is 2.42 bits per heavy atom. The first-order chi connectivity index (χ1) is 12.5. The van der Waals surface area contributed by atoms with E-state index in [1.807, 2.05) is 30.3 Å². The van der Waals surface area contributed by atoms with Gasteiger partial charge in [-0.25, -0.2) is 4.39 Å². The molecule has 1 heterocycles. The summed E-state index contributed by atoms with van der Waals surface area (Å²) >= 11 is 1.12. The molecule has 0 radical (unpaired) electrons. The van der Waals surface area contributed by atoms with E-state index in [1.165, 1.54) is 29.2 Å². The van der Waals surface area contributed by atoms with Gasteiger partial charge in [0.1, 0.15) is 22.5 Å².